The Kier molecular flexibility index (Phi) is 6.31. The topological polar surface area (TPSA) is 38.3 Å². The summed E-state index contributed by atoms with van der Waals surface area (Å²) in [6.45, 7) is 4.34. The number of benzene rings is 2. The Labute approximate surface area is 146 Å². The number of ether oxygens (including phenoxy) is 1. The van der Waals surface area contributed by atoms with Gasteiger partial charge in [-0.2, -0.15) is 0 Å². The molecule has 0 spiro atoms. The fraction of sp³-hybridized carbons (Fsp3) is 0.278. The number of nitrogens with one attached hydrogen (secondary N) is 1. The maximum Gasteiger partial charge on any atom is 0.224 e. The fourth-order valence-corrected chi connectivity index (χ4v) is 2.46. The first-order chi connectivity index (χ1) is 11.0. The molecule has 0 unspecified atom stereocenters. The van der Waals surface area contributed by atoms with Crippen molar-refractivity contribution >= 4 is 34.8 Å². The number of carbonyl (C=O) groups excluding carboxylic acids is 1. The summed E-state index contributed by atoms with van der Waals surface area (Å²) in [6, 6.07) is 11.0. The van der Waals surface area contributed by atoms with Gasteiger partial charge in [-0.15, -0.1) is 0 Å². The molecule has 0 aliphatic heterocycles. The van der Waals surface area contributed by atoms with Gasteiger partial charge in [0.2, 0.25) is 5.91 Å². The molecule has 0 aliphatic rings. The zero-order chi connectivity index (χ0) is 16.8. The average molecular weight is 352 g/mol. The summed E-state index contributed by atoms with van der Waals surface area (Å²) in [6.07, 6.45) is 0.994. The second-order valence-corrected chi connectivity index (χ2v) is 6.21. The number of aryl methyl sites for hydroxylation is 2. The smallest absolute Gasteiger partial charge is 0.224 e. The lowest BCUT2D eigenvalue weighted by atomic mass is 10.2. The molecule has 2 rings (SSSR count). The third kappa shape index (κ3) is 5.45. The summed E-state index contributed by atoms with van der Waals surface area (Å²) in [7, 11) is 0. The minimum Gasteiger partial charge on any atom is -0.494 e. The number of halogens is 2. The molecule has 0 aromatic heterocycles. The van der Waals surface area contributed by atoms with Crippen molar-refractivity contribution in [1.82, 2.24) is 0 Å². The third-order valence-corrected chi connectivity index (χ3v) is 4.08. The maximum atomic E-state index is 11.9. The summed E-state index contributed by atoms with van der Waals surface area (Å²) < 4.78 is 5.62. The Morgan fingerprint density at radius 2 is 1.87 bits per heavy atom. The van der Waals surface area contributed by atoms with Gasteiger partial charge in [0.1, 0.15) is 5.75 Å². The second kappa shape index (κ2) is 8.23. The molecule has 0 saturated heterocycles. The SMILES string of the molecule is Cc1ccc(NC(=O)CCCOc2ccc(Cl)c(C)c2)c(Cl)c1. The summed E-state index contributed by atoms with van der Waals surface area (Å²) >= 11 is 12.1. The molecule has 0 fully saturated rings. The zero-order valence-corrected chi connectivity index (χ0v) is 14.7. The van der Waals surface area contributed by atoms with Crippen molar-refractivity contribution in [2.24, 2.45) is 0 Å². The highest BCUT2D eigenvalue weighted by molar-refractivity contribution is 6.33. The highest BCUT2D eigenvalue weighted by Crippen LogP contribution is 2.23. The average Bonchev–Trinajstić information content (AvgIpc) is 2.50. The van der Waals surface area contributed by atoms with Gasteiger partial charge in [0, 0.05) is 11.4 Å². The number of hydrogen-bond donors (Lipinski definition) is 1. The minimum atomic E-state index is -0.0772. The standard InChI is InChI=1S/C18H19Cl2NO2/c1-12-5-8-17(16(20)10-12)21-18(22)4-3-9-23-14-6-7-15(19)13(2)11-14/h5-8,10-11H,3-4,9H2,1-2H3,(H,21,22). The minimum absolute atomic E-state index is 0.0772. The van der Waals surface area contributed by atoms with E-state index < -0.39 is 0 Å². The van der Waals surface area contributed by atoms with Gasteiger partial charge in [-0.3, -0.25) is 4.79 Å². The summed E-state index contributed by atoms with van der Waals surface area (Å²) in [5, 5.41) is 4.07. The van der Waals surface area contributed by atoms with Crippen LogP contribution in [0.15, 0.2) is 36.4 Å². The Bertz CT molecular complexity index is 701. The first-order valence-electron chi connectivity index (χ1n) is 7.40. The van der Waals surface area contributed by atoms with Crippen LogP contribution in [0.5, 0.6) is 5.75 Å². The van der Waals surface area contributed by atoms with Gasteiger partial charge < -0.3 is 10.1 Å². The highest BCUT2D eigenvalue weighted by Gasteiger charge is 2.06. The first-order valence-corrected chi connectivity index (χ1v) is 8.16. The van der Waals surface area contributed by atoms with Crippen molar-refractivity contribution in [3.63, 3.8) is 0 Å². The lowest BCUT2D eigenvalue weighted by molar-refractivity contribution is -0.116. The molecule has 2 aromatic carbocycles. The van der Waals surface area contributed by atoms with Gasteiger partial charge in [0.25, 0.3) is 0 Å². The van der Waals surface area contributed by atoms with E-state index in [0.717, 1.165) is 16.9 Å². The van der Waals surface area contributed by atoms with Gasteiger partial charge in [0.05, 0.1) is 17.3 Å². The van der Waals surface area contributed by atoms with Gasteiger partial charge in [-0.05, 0) is 61.7 Å². The number of rotatable bonds is 6. The molecule has 3 nitrogen and oxygen atoms in total. The van der Waals surface area contributed by atoms with Crippen LogP contribution < -0.4 is 10.1 Å². The number of carbonyl (C=O) groups is 1. The zero-order valence-electron chi connectivity index (χ0n) is 13.2. The van der Waals surface area contributed by atoms with E-state index in [1.165, 1.54) is 0 Å². The van der Waals surface area contributed by atoms with E-state index >= 15 is 0 Å². The summed E-state index contributed by atoms with van der Waals surface area (Å²) in [5.74, 6) is 0.681. The number of anilines is 1. The van der Waals surface area contributed by atoms with E-state index in [9.17, 15) is 4.79 Å². The van der Waals surface area contributed by atoms with E-state index in [4.69, 9.17) is 27.9 Å². The monoisotopic (exact) mass is 351 g/mol. The Balaban J connectivity index is 1.75. The molecule has 0 saturated carbocycles. The van der Waals surface area contributed by atoms with Gasteiger partial charge >= 0.3 is 0 Å². The second-order valence-electron chi connectivity index (χ2n) is 5.39. The molecule has 1 amide bonds. The number of hydrogen-bond acceptors (Lipinski definition) is 2. The lowest BCUT2D eigenvalue weighted by Crippen LogP contribution is -2.13. The lowest BCUT2D eigenvalue weighted by Gasteiger charge is -2.09. The Hall–Kier alpha value is -1.71. The molecular weight excluding hydrogens is 333 g/mol. The summed E-state index contributed by atoms with van der Waals surface area (Å²) in [5.41, 5.74) is 2.66. The van der Waals surface area contributed by atoms with Crippen molar-refractivity contribution in [3.8, 4) is 5.75 Å². The molecule has 2 aromatic rings. The normalized spacial score (nSPS) is 10.4. The van der Waals surface area contributed by atoms with Gasteiger partial charge in [0.15, 0.2) is 0 Å². The quantitative estimate of drug-likeness (QED) is 0.706. The number of amides is 1. The molecule has 23 heavy (non-hydrogen) atoms. The van der Waals surface area contributed by atoms with E-state index in [1.807, 2.05) is 44.2 Å². The van der Waals surface area contributed by atoms with Crippen molar-refractivity contribution in [1.29, 1.82) is 0 Å². The van der Waals surface area contributed by atoms with Crippen LogP contribution in [0.1, 0.15) is 24.0 Å². The van der Waals surface area contributed by atoms with Crippen LogP contribution in [0.3, 0.4) is 0 Å². The van der Waals surface area contributed by atoms with Crippen LogP contribution in [0.2, 0.25) is 10.0 Å². The predicted octanol–water partition coefficient (Wildman–Crippen LogP) is 5.41. The molecule has 122 valence electrons. The van der Waals surface area contributed by atoms with Crippen LogP contribution in [0.4, 0.5) is 5.69 Å². The highest BCUT2D eigenvalue weighted by atomic mass is 35.5. The van der Waals surface area contributed by atoms with Crippen LogP contribution >= 0.6 is 23.2 Å². The van der Waals surface area contributed by atoms with Crippen LogP contribution in [-0.2, 0) is 4.79 Å². The van der Waals surface area contributed by atoms with Gasteiger partial charge in [-0.25, -0.2) is 0 Å². The largest absolute Gasteiger partial charge is 0.494 e. The fourth-order valence-electron chi connectivity index (χ4n) is 2.06. The van der Waals surface area contributed by atoms with Crippen molar-refractivity contribution in [2.75, 3.05) is 11.9 Å². The first kappa shape index (κ1) is 17.6. The molecule has 0 radical (unpaired) electrons. The summed E-state index contributed by atoms with van der Waals surface area (Å²) in [4.78, 5) is 11.9. The molecular formula is C18H19Cl2NO2. The predicted molar refractivity (Wildman–Crippen MR) is 95.7 cm³/mol. The van der Waals surface area contributed by atoms with E-state index in [-0.39, 0.29) is 5.91 Å². The van der Waals surface area contributed by atoms with E-state index in [1.54, 1.807) is 6.07 Å². The van der Waals surface area contributed by atoms with E-state index in [2.05, 4.69) is 5.32 Å². The van der Waals surface area contributed by atoms with Crippen molar-refractivity contribution in [2.45, 2.75) is 26.7 Å². The molecule has 5 heteroatoms. The molecule has 0 aliphatic carbocycles. The van der Waals surface area contributed by atoms with Crippen LogP contribution in [0.25, 0.3) is 0 Å². The van der Waals surface area contributed by atoms with Gasteiger partial charge in [-0.1, -0.05) is 29.3 Å². The van der Waals surface area contributed by atoms with E-state index in [0.29, 0.717) is 35.2 Å². The third-order valence-electron chi connectivity index (χ3n) is 3.34. The Morgan fingerprint density at radius 3 is 2.57 bits per heavy atom. The van der Waals surface area contributed by atoms with Crippen molar-refractivity contribution in [3.05, 3.63) is 57.6 Å². The molecule has 0 atom stereocenters. The Morgan fingerprint density at radius 1 is 1.09 bits per heavy atom. The van der Waals surface area contributed by atoms with Crippen LogP contribution in [0, 0.1) is 13.8 Å². The molecule has 0 heterocycles. The van der Waals surface area contributed by atoms with Crippen LogP contribution in [-0.4, -0.2) is 12.5 Å². The van der Waals surface area contributed by atoms with Crippen molar-refractivity contribution < 1.29 is 9.53 Å². The maximum absolute atomic E-state index is 11.9. The molecule has 0 bridgehead atoms. The molecule has 1 N–H and O–H groups in total.